The van der Waals surface area contributed by atoms with Crippen LogP contribution in [0.1, 0.15) is 30.9 Å². The van der Waals surface area contributed by atoms with Crippen LogP contribution in [0.15, 0.2) is 77.7 Å². The molecule has 8 nitrogen and oxygen atoms in total. The Hall–Kier alpha value is -4.33. The molecule has 3 heterocycles. The Morgan fingerprint density at radius 1 is 0.971 bits per heavy atom. The summed E-state index contributed by atoms with van der Waals surface area (Å²) in [5, 5.41) is 14.4. The molecule has 5 rings (SSSR count). The van der Waals surface area contributed by atoms with E-state index in [2.05, 4.69) is 32.5 Å². The van der Waals surface area contributed by atoms with Gasteiger partial charge in [-0.15, -0.1) is 10.2 Å². The number of aromatic nitrogens is 6. The van der Waals surface area contributed by atoms with Crippen molar-refractivity contribution in [2.45, 2.75) is 26.2 Å². The first-order valence-corrected chi connectivity index (χ1v) is 11.3. The van der Waals surface area contributed by atoms with Gasteiger partial charge >= 0.3 is 0 Å². The van der Waals surface area contributed by atoms with Crippen molar-refractivity contribution in [3.8, 4) is 28.4 Å². The van der Waals surface area contributed by atoms with Gasteiger partial charge in [0.05, 0.1) is 12.2 Å². The third kappa shape index (κ3) is 4.30. The fourth-order valence-electron chi connectivity index (χ4n) is 3.90. The quantitative estimate of drug-likeness (QED) is 0.352. The number of fused-ring (bicyclic) bond motifs is 1. The number of ether oxygens (including phenoxy) is 1. The second kappa shape index (κ2) is 9.66. The van der Waals surface area contributed by atoms with Gasteiger partial charge in [-0.1, -0.05) is 67.9 Å². The van der Waals surface area contributed by atoms with E-state index >= 15 is 0 Å². The molecule has 3 aromatic heterocycles. The van der Waals surface area contributed by atoms with Gasteiger partial charge in [0.2, 0.25) is 11.7 Å². The van der Waals surface area contributed by atoms with E-state index < -0.39 is 0 Å². The molecule has 0 amide bonds. The summed E-state index contributed by atoms with van der Waals surface area (Å²) in [6.07, 6.45) is 4.08. The number of H-pyrrole nitrogens is 1. The molecule has 1 N–H and O–H groups in total. The van der Waals surface area contributed by atoms with Gasteiger partial charge in [-0.3, -0.25) is 9.20 Å². The molecular weight excluding hydrogens is 428 g/mol. The van der Waals surface area contributed by atoms with Crippen LogP contribution in [0.5, 0.6) is 5.88 Å². The second-order valence-corrected chi connectivity index (χ2v) is 7.99. The number of benzene rings is 2. The maximum Gasteiger partial charge on any atom is 0.265 e. The van der Waals surface area contributed by atoms with Gasteiger partial charge in [-0.2, -0.15) is 10.2 Å². The molecule has 8 heteroatoms. The Balaban J connectivity index is 1.48. The van der Waals surface area contributed by atoms with Crippen molar-refractivity contribution >= 4 is 5.65 Å². The van der Waals surface area contributed by atoms with Gasteiger partial charge in [0.1, 0.15) is 5.65 Å². The van der Waals surface area contributed by atoms with E-state index in [-0.39, 0.29) is 5.56 Å². The van der Waals surface area contributed by atoms with Crippen LogP contribution in [0.25, 0.3) is 28.2 Å². The zero-order valence-electron chi connectivity index (χ0n) is 18.8. The number of hydrogen-bond acceptors (Lipinski definition) is 6. The average Bonchev–Trinajstić information content (AvgIpc) is 3.42. The number of unbranched alkanes of at least 4 members (excludes halogenated alkanes) is 1. The molecule has 0 aliphatic carbocycles. The van der Waals surface area contributed by atoms with Gasteiger partial charge in [-0.05, 0) is 40.5 Å². The second-order valence-electron chi connectivity index (χ2n) is 7.99. The maximum atomic E-state index is 13.3. The summed E-state index contributed by atoms with van der Waals surface area (Å²) < 4.78 is 7.51. The molecule has 0 spiro atoms. The summed E-state index contributed by atoms with van der Waals surface area (Å²) in [5.41, 5.74) is 4.95. The summed E-state index contributed by atoms with van der Waals surface area (Å²) >= 11 is 0. The highest BCUT2D eigenvalue weighted by Gasteiger charge is 2.16. The molecule has 0 unspecified atom stereocenters. The Bertz CT molecular complexity index is 1460. The van der Waals surface area contributed by atoms with Crippen molar-refractivity contribution in [1.29, 1.82) is 0 Å². The van der Waals surface area contributed by atoms with Crippen LogP contribution in [0, 0.1) is 0 Å². The Kier molecular flexibility index (Phi) is 6.11. The van der Waals surface area contributed by atoms with Crippen LogP contribution >= 0.6 is 0 Å². The first-order chi connectivity index (χ1) is 16.7. The van der Waals surface area contributed by atoms with Crippen LogP contribution in [0.2, 0.25) is 0 Å². The van der Waals surface area contributed by atoms with Crippen molar-refractivity contribution in [1.82, 2.24) is 30.0 Å². The Morgan fingerprint density at radius 3 is 2.53 bits per heavy atom. The third-order valence-corrected chi connectivity index (χ3v) is 5.69. The van der Waals surface area contributed by atoms with Gasteiger partial charge in [0, 0.05) is 18.2 Å². The number of nitrogens with one attached hydrogen (secondary N) is 1. The molecule has 0 aliphatic rings. The first-order valence-electron chi connectivity index (χ1n) is 11.3. The summed E-state index contributed by atoms with van der Waals surface area (Å²) in [5.74, 6) is 0.958. The molecule has 170 valence electrons. The fraction of sp³-hybridized carbons (Fsp3) is 0.192. The molecule has 0 radical (unpaired) electrons. The minimum absolute atomic E-state index is 0.108. The Morgan fingerprint density at radius 2 is 1.76 bits per heavy atom. The number of hydrogen-bond donors (Lipinski definition) is 1. The smallest absolute Gasteiger partial charge is 0.265 e. The number of pyridine rings is 1. The molecular formula is C26H24N6O2. The molecule has 0 atom stereocenters. The van der Waals surface area contributed by atoms with Gasteiger partial charge in [0.15, 0.2) is 0 Å². The minimum Gasteiger partial charge on any atom is -0.477 e. The van der Waals surface area contributed by atoms with E-state index in [0.29, 0.717) is 35.9 Å². The number of tetrazole rings is 1. The van der Waals surface area contributed by atoms with E-state index in [1.165, 1.54) is 0 Å². The highest BCUT2D eigenvalue weighted by atomic mass is 16.5. The van der Waals surface area contributed by atoms with E-state index in [9.17, 15) is 4.79 Å². The first kappa shape index (κ1) is 21.5. The van der Waals surface area contributed by atoms with Crippen LogP contribution in [-0.2, 0) is 6.42 Å². The average molecular weight is 453 g/mol. The third-order valence-electron chi connectivity index (χ3n) is 5.69. The van der Waals surface area contributed by atoms with Crippen LogP contribution < -0.4 is 10.3 Å². The zero-order chi connectivity index (χ0) is 23.3. The molecule has 0 bridgehead atoms. The van der Waals surface area contributed by atoms with Gasteiger partial charge < -0.3 is 4.74 Å². The SMILES string of the molecule is CCCCOc1nc2ccccn2c(=O)c1Cc1ccc(-c2ccccc2-c2nn[nH]n2)cc1. The molecule has 5 aromatic rings. The van der Waals surface area contributed by atoms with Crippen molar-refractivity contribution in [2.24, 2.45) is 0 Å². The summed E-state index contributed by atoms with van der Waals surface area (Å²) in [6.45, 7) is 2.64. The molecule has 0 saturated carbocycles. The fourth-order valence-corrected chi connectivity index (χ4v) is 3.90. The van der Waals surface area contributed by atoms with Crippen LogP contribution in [0.4, 0.5) is 0 Å². The lowest BCUT2D eigenvalue weighted by atomic mass is 9.97. The van der Waals surface area contributed by atoms with E-state index in [4.69, 9.17) is 4.74 Å². The van der Waals surface area contributed by atoms with Crippen LogP contribution in [-0.4, -0.2) is 36.6 Å². The van der Waals surface area contributed by atoms with Crippen molar-refractivity contribution in [3.05, 3.63) is 94.4 Å². The number of rotatable bonds is 8. The lowest BCUT2D eigenvalue weighted by Gasteiger charge is -2.12. The topological polar surface area (TPSA) is 98.1 Å². The molecule has 34 heavy (non-hydrogen) atoms. The van der Waals surface area contributed by atoms with Crippen LogP contribution in [0.3, 0.4) is 0 Å². The monoisotopic (exact) mass is 452 g/mol. The predicted molar refractivity (Wildman–Crippen MR) is 130 cm³/mol. The van der Waals surface area contributed by atoms with E-state index in [1.54, 1.807) is 10.6 Å². The lowest BCUT2D eigenvalue weighted by Crippen LogP contribution is -2.22. The van der Waals surface area contributed by atoms with Gasteiger partial charge in [0.25, 0.3) is 5.56 Å². The predicted octanol–water partition coefficient (Wildman–Crippen LogP) is 4.31. The maximum absolute atomic E-state index is 13.3. The highest BCUT2D eigenvalue weighted by molar-refractivity contribution is 5.80. The molecule has 0 saturated heterocycles. The summed E-state index contributed by atoms with van der Waals surface area (Å²) in [7, 11) is 0. The van der Waals surface area contributed by atoms with Crippen molar-refractivity contribution in [2.75, 3.05) is 6.61 Å². The van der Waals surface area contributed by atoms with E-state index in [1.807, 2.05) is 66.7 Å². The van der Waals surface area contributed by atoms with E-state index in [0.717, 1.165) is 35.1 Å². The van der Waals surface area contributed by atoms with Crippen molar-refractivity contribution < 1.29 is 4.74 Å². The normalized spacial score (nSPS) is 11.1. The lowest BCUT2D eigenvalue weighted by molar-refractivity contribution is 0.294. The molecule has 0 aliphatic heterocycles. The number of nitrogens with zero attached hydrogens (tertiary/aromatic N) is 5. The largest absolute Gasteiger partial charge is 0.477 e. The number of aromatic amines is 1. The standard InChI is InChI=1S/C26H24N6O2/c1-2-3-16-34-25-22(26(33)32-15-7-6-10-23(32)27-25)17-18-11-13-19(14-12-18)20-8-4-5-9-21(20)24-28-30-31-29-24/h4-15H,2-3,16-17H2,1H3,(H,28,29,30,31). The molecule has 0 fully saturated rings. The highest BCUT2D eigenvalue weighted by Crippen LogP contribution is 2.30. The minimum atomic E-state index is -0.108. The summed E-state index contributed by atoms with van der Waals surface area (Å²) in [4.78, 5) is 17.9. The Labute approximate surface area is 196 Å². The molecule has 2 aromatic carbocycles. The summed E-state index contributed by atoms with van der Waals surface area (Å²) in [6, 6.07) is 21.6. The van der Waals surface area contributed by atoms with Gasteiger partial charge in [-0.25, -0.2) is 0 Å². The zero-order valence-corrected chi connectivity index (χ0v) is 18.8. The van der Waals surface area contributed by atoms with Crippen molar-refractivity contribution in [3.63, 3.8) is 0 Å².